The maximum atomic E-state index is 13.1. The molecular weight excluding hydrogens is 384 g/mol. The number of primary amides is 1. The van der Waals surface area contributed by atoms with E-state index in [1.165, 1.54) is 11.3 Å². The quantitative estimate of drug-likeness (QED) is 0.842. The number of rotatable bonds is 4. The minimum atomic E-state index is -3.35. The SMILES string of the molecule is NC(=O)c1sc2ccccc2c1[C@@H]1CN(S(=O)(=O)C2CCCCC2)CCO1. The minimum absolute atomic E-state index is 0.236. The normalized spacial score (nSPS) is 22.9. The molecule has 0 radical (unpaired) electrons. The number of nitrogens with zero attached hydrogens (tertiary/aromatic N) is 1. The van der Waals surface area contributed by atoms with E-state index in [0.717, 1.165) is 47.8 Å². The van der Waals surface area contributed by atoms with Crippen molar-refractivity contribution in [1.29, 1.82) is 0 Å². The van der Waals surface area contributed by atoms with E-state index < -0.39 is 22.0 Å². The Kier molecular flexibility index (Phi) is 5.24. The van der Waals surface area contributed by atoms with Gasteiger partial charge in [-0.25, -0.2) is 8.42 Å². The topological polar surface area (TPSA) is 89.7 Å². The molecular formula is C19H24N2O4S2. The Morgan fingerprint density at radius 3 is 2.67 bits per heavy atom. The van der Waals surface area contributed by atoms with E-state index in [2.05, 4.69) is 0 Å². The fourth-order valence-corrected chi connectivity index (χ4v) is 7.30. The van der Waals surface area contributed by atoms with Gasteiger partial charge in [0.1, 0.15) is 0 Å². The lowest BCUT2D eigenvalue weighted by atomic mass is 10.0. The monoisotopic (exact) mass is 408 g/mol. The number of ether oxygens (including phenoxy) is 1. The summed E-state index contributed by atoms with van der Waals surface area (Å²) in [6.45, 7) is 0.919. The average molecular weight is 409 g/mol. The molecule has 2 heterocycles. The molecule has 1 aromatic heterocycles. The Morgan fingerprint density at radius 1 is 1.19 bits per heavy atom. The van der Waals surface area contributed by atoms with Gasteiger partial charge in [0.2, 0.25) is 10.0 Å². The van der Waals surface area contributed by atoms with Gasteiger partial charge in [0.05, 0.1) is 22.8 Å². The summed E-state index contributed by atoms with van der Waals surface area (Å²) in [4.78, 5) is 12.5. The molecule has 2 fully saturated rings. The first-order chi connectivity index (χ1) is 13.0. The minimum Gasteiger partial charge on any atom is -0.371 e. The average Bonchev–Trinajstić information content (AvgIpc) is 3.09. The molecule has 27 heavy (non-hydrogen) atoms. The molecule has 0 unspecified atom stereocenters. The highest BCUT2D eigenvalue weighted by Gasteiger charge is 2.38. The second kappa shape index (κ2) is 7.50. The summed E-state index contributed by atoms with van der Waals surface area (Å²) in [5.41, 5.74) is 6.33. The van der Waals surface area contributed by atoms with Gasteiger partial charge in [0.15, 0.2) is 0 Å². The molecule has 1 aliphatic carbocycles. The van der Waals surface area contributed by atoms with Gasteiger partial charge in [-0.1, -0.05) is 37.5 Å². The van der Waals surface area contributed by atoms with E-state index in [1.807, 2.05) is 24.3 Å². The largest absolute Gasteiger partial charge is 0.371 e. The van der Waals surface area contributed by atoms with Gasteiger partial charge >= 0.3 is 0 Å². The zero-order valence-electron chi connectivity index (χ0n) is 15.1. The van der Waals surface area contributed by atoms with Crippen molar-refractivity contribution in [2.75, 3.05) is 19.7 Å². The fraction of sp³-hybridized carbons (Fsp3) is 0.526. The van der Waals surface area contributed by atoms with E-state index in [1.54, 1.807) is 4.31 Å². The predicted molar refractivity (Wildman–Crippen MR) is 106 cm³/mol. The highest BCUT2D eigenvalue weighted by atomic mass is 32.2. The maximum Gasteiger partial charge on any atom is 0.259 e. The van der Waals surface area contributed by atoms with Crippen molar-refractivity contribution in [1.82, 2.24) is 4.31 Å². The molecule has 4 rings (SSSR count). The number of amides is 1. The van der Waals surface area contributed by atoms with Gasteiger partial charge in [-0.15, -0.1) is 11.3 Å². The molecule has 0 bridgehead atoms. The highest BCUT2D eigenvalue weighted by Crippen LogP contribution is 2.39. The maximum absolute atomic E-state index is 13.1. The van der Waals surface area contributed by atoms with E-state index in [0.29, 0.717) is 18.0 Å². The van der Waals surface area contributed by atoms with E-state index in [-0.39, 0.29) is 11.8 Å². The Hall–Kier alpha value is -1.48. The predicted octanol–water partition coefficient (Wildman–Crippen LogP) is 3.04. The molecule has 1 saturated carbocycles. The van der Waals surface area contributed by atoms with E-state index in [9.17, 15) is 13.2 Å². The Balaban J connectivity index is 1.67. The third-order valence-electron chi connectivity index (χ3n) is 5.54. The molecule has 2 aromatic rings. The van der Waals surface area contributed by atoms with Gasteiger partial charge in [-0.2, -0.15) is 4.31 Å². The van der Waals surface area contributed by atoms with Crippen LogP contribution in [0.4, 0.5) is 0 Å². The molecule has 1 amide bonds. The second-order valence-electron chi connectivity index (χ2n) is 7.23. The number of morpholine rings is 1. The number of benzene rings is 1. The molecule has 0 spiro atoms. The first kappa shape index (κ1) is 18.9. The molecule has 8 heteroatoms. The number of sulfonamides is 1. The molecule has 1 saturated heterocycles. The number of nitrogens with two attached hydrogens (primary N) is 1. The zero-order chi connectivity index (χ0) is 19.0. The lowest BCUT2D eigenvalue weighted by Gasteiger charge is -2.35. The van der Waals surface area contributed by atoms with Gasteiger partial charge in [-0.3, -0.25) is 4.79 Å². The van der Waals surface area contributed by atoms with Crippen molar-refractivity contribution in [2.45, 2.75) is 43.5 Å². The number of thiophene rings is 1. The molecule has 1 aliphatic heterocycles. The smallest absolute Gasteiger partial charge is 0.259 e. The summed E-state index contributed by atoms with van der Waals surface area (Å²) in [6.07, 6.45) is 4.05. The summed E-state index contributed by atoms with van der Waals surface area (Å²) >= 11 is 1.34. The van der Waals surface area contributed by atoms with E-state index in [4.69, 9.17) is 10.5 Å². The van der Waals surface area contributed by atoms with Crippen molar-refractivity contribution in [3.8, 4) is 0 Å². The van der Waals surface area contributed by atoms with Crippen molar-refractivity contribution in [2.24, 2.45) is 5.73 Å². The van der Waals surface area contributed by atoms with E-state index >= 15 is 0 Å². The summed E-state index contributed by atoms with van der Waals surface area (Å²) in [7, 11) is -3.35. The van der Waals surface area contributed by atoms with Gasteiger partial charge in [0.25, 0.3) is 5.91 Å². The Bertz CT molecular complexity index is 948. The summed E-state index contributed by atoms with van der Waals surface area (Å²) < 4.78 is 34.7. The third-order valence-corrected chi connectivity index (χ3v) is 9.11. The number of carbonyl (C=O) groups excluding carboxylic acids is 1. The first-order valence-electron chi connectivity index (χ1n) is 9.40. The summed E-state index contributed by atoms with van der Waals surface area (Å²) in [5, 5.41) is 0.623. The molecule has 146 valence electrons. The van der Waals surface area contributed by atoms with Crippen LogP contribution in [0.5, 0.6) is 0 Å². The van der Waals surface area contributed by atoms with Crippen LogP contribution in [0, 0.1) is 0 Å². The number of carbonyl (C=O) groups is 1. The van der Waals surface area contributed by atoms with Crippen LogP contribution in [0.25, 0.3) is 10.1 Å². The molecule has 1 atom stereocenters. The van der Waals surface area contributed by atoms with Crippen LogP contribution >= 0.6 is 11.3 Å². The van der Waals surface area contributed by atoms with Gasteiger partial charge in [0, 0.05) is 23.4 Å². The van der Waals surface area contributed by atoms with Crippen LogP contribution < -0.4 is 5.73 Å². The standard InChI is InChI=1S/C19H24N2O4S2/c20-19(22)18-17(14-8-4-5-9-16(14)26-18)15-12-21(10-11-25-15)27(23,24)13-6-2-1-3-7-13/h4-5,8-9,13,15H,1-3,6-7,10-12H2,(H2,20,22)/t15-/m0/s1. The zero-order valence-corrected chi connectivity index (χ0v) is 16.7. The third kappa shape index (κ3) is 3.51. The number of hydrogen-bond acceptors (Lipinski definition) is 5. The van der Waals surface area contributed by atoms with Gasteiger partial charge in [-0.05, 0) is 24.3 Å². The van der Waals surface area contributed by atoms with Gasteiger partial charge < -0.3 is 10.5 Å². The molecule has 1 aromatic carbocycles. The number of hydrogen-bond donors (Lipinski definition) is 1. The lowest BCUT2D eigenvalue weighted by molar-refractivity contribution is -0.00228. The summed E-state index contributed by atoms with van der Waals surface area (Å²) in [6, 6.07) is 7.69. The van der Waals surface area contributed by atoms with Crippen LogP contribution in [0.2, 0.25) is 0 Å². The van der Waals surface area contributed by atoms with Crippen molar-refractivity contribution < 1.29 is 17.9 Å². The van der Waals surface area contributed by atoms with Crippen molar-refractivity contribution >= 4 is 37.4 Å². The van der Waals surface area contributed by atoms with Crippen LogP contribution in [-0.4, -0.2) is 43.6 Å². The number of fused-ring (bicyclic) bond motifs is 1. The van der Waals surface area contributed by atoms with Crippen LogP contribution in [0.3, 0.4) is 0 Å². The Morgan fingerprint density at radius 2 is 1.93 bits per heavy atom. The second-order valence-corrected chi connectivity index (χ2v) is 10.5. The highest BCUT2D eigenvalue weighted by molar-refractivity contribution is 7.89. The Labute approximate surface area is 163 Å². The molecule has 2 aliphatic rings. The lowest BCUT2D eigenvalue weighted by Crippen LogP contribution is -2.46. The molecule has 6 nitrogen and oxygen atoms in total. The van der Waals surface area contributed by atoms with Crippen LogP contribution in [0.15, 0.2) is 24.3 Å². The van der Waals surface area contributed by atoms with Crippen LogP contribution in [-0.2, 0) is 14.8 Å². The van der Waals surface area contributed by atoms with Crippen molar-refractivity contribution in [3.05, 3.63) is 34.7 Å². The molecule has 2 N–H and O–H groups in total. The van der Waals surface area contributed by atoms with Crippen LogP contribution in [0.1, 0.15) is 53.4 Å². The van der Waals surface area contributed by atoms with Crippen molar-refractivity contribution in [3.63, 3.8) is 0 Å². The fourth-order valence-electron chi connectivity index (χ4n) is 4.17. The summed E-state index contributed by atoms with van der Waals surface area (Å²) in [5.74, 6) is -0.498. The first-order valence-corrected chi connectivity index (χ1v) is 11.7.